The summed E-state index contributed by atoms with van der Waals surface area (Å²) >= 11 is 0. The van der Waals surface area contributed by atoms with E-state index in [1.165, 1.54) is 6.07 Å². The van der Waals surface area contributed by atoms with Gasteiger partial charge in [0.15, 0.2) is 0 Å². The molecule has 0 N–H and O–H groups in total. The van der Waals surface area contributed by atoms with Crippen molar-refractivity contribution in [1.82, 2.24) is 4.90 Å². The largest absolute Gasteiger partial charge is 0.378 e. The Kier molecular flexibility index (Phi) is 5.82. The van der Waals surface area contributed by atoms with E-state index >= 15 is 0 Å². The fourth-order valence-electron chi connectivity index (χ4n) is 3.27. The standard InChI is InChI=1S/C21H24FNO2/c1-23(13-5-9-18-10-6-14-25-18)21(24)17-8-4-7-16(15-17)19-11-2-3-12-20(19)22/h2-4,7-8,11-12,15,18H,5-6,9-10,13-14H2,1H3/t18-/m0/s1. The van der Waals surface area contributed by atoms with Gasteiger partial charge in [-0.25, -0.2) is 4.39 Å². The first kappa shape index (κ1) is 17.6. The van der Waals surface area contributed by atoms with Crippen LogP contribution in [0.2, 0.25) is 0 Å². The van der Waals surface area contributed by atoms with E-state index in [1.54, 1.807) is 41.3 Å². The molecule has 4 heteroatoms. The van der Waals surface area contributed by atoms with Crippen LogP contribution in [0.25, 0.3) is 11.1 Å². The zero-order chi connectivity index (χ0) is 17.6. The van der Waals surface area contributed by atoms with Gasteiger partial charge in [-0.2, -0.15) is 0 Å². The maximum Gasteiger partial charge on any atom is 0.253 e. The topological polar surface area (TPSA) is 29.5 Å². The quantitative estimate of drug-likeness (QED) is 0.773. The number of carbonyl (C=O) groups is 1. The number of benzene rings is 2. The third kappa shape index (κ3) is 4.45. The van der Waals surface area contributed by atoms with Crippen LogP contribution in [0.5, 0.6) is 0 Å². The molecule has 3 rings (SSSR count). The lowest BCUT2D eigenvalue weighted by molar-refractivity contribution is 0.0763. The summed E-state index contributed by atoms with van der Waals surface area (Å²) in [5.41, 5.74) is 1.82. The van der Waals surface area contributed by atoms with Gasteiger partial charge in [0.25, 0.3) is 5.91 Å². The lowest BCUT2D eigenvalue weighted by Crippen LogP contribution is -2.28. The summed E-state index contributed by atoms with van der Waals surface area (Å²) in [5, 5.41) is 0. The van der Waals surface area contributed by atoms with Gasteiger partial charge in [0.2, 0.25) is 0 Å². The summed E-state index contributed by atoms with van der Waals surface area (Å²) < 4.78 is 19.6. The van der Waals surface area contributed by atoms with Crippen LogP contribution < -0.4 is 0 Å². The van der Waals surface area contributed by atoms with Crippen molar-refractivity contribution < 1.29 is 13.9 Å². The molecule has 2 aromatic rings. The predicted octanol–water partition coefficient (Wildman–Crippen LogP) is 4.52. The van der Waals surface area contributed by atoms with E-state index in [0.29, 0.717) is 23.8 Å². The number of ether oxygens (including phenoxy) is 1. The number of hydrogen-bond acceptors (Lipinski definition) is 2. The third-order valence-corrected chi connectivity index (χ3v) is 4.68. The number of halogens is 1. The van der Waals surface area contributed by atoms with Gasteiger partial charge < -0.3 is 9.64 Å². The molecule has 1 heterocycles. The maximum absolute atomic E-state index is 14.0. The Morgan fingerprint density at radius 3 is 2.84 bits per heavy atom. The summed E-state index contributed by atoms with van der Waals surface area (Å²) in [4.78, 5) is 14.4. The number of rotatable bonds is 6. The van der Waals surface area contributed by atoms with E-state index in [9.17, 15) is 9.18 Å². The van der Waals surface area contributed by atoms with E-state index < -0.39 is 0 Å². The van der Waals surface area contributed by atoms with E-state index in [2.05, 4.69) is 0 Å². The van der Waals surface area contributed by atoms with Crippen LogP contribution in [0.3, 0.4) is 0 Å². The van der Waals surface area contributed by atoms with Gasteiger partial charge in [-0.1, -0.05) is 30.3 Å². The summed E-state index contributed by atoms with van der Waals surface area (Å²) in [6.07, 6.45) is 4.55. The average Bonchev–Trinajstić information content (AvgIpc) is 3.15. The predicted molar refractivity (Wildman–Crippen MR) is 97.0 cm³/mol. The van der Waals surface area contributed by atoms with Crippen molar-refractivity contribution >= 4 is 5.91 Å². The molecule has 1 aliphatic rings. The molecule has 0 unspecified atom stereocenters. The fourth-order valence-corrected chi connectivity index (χ4v) is 3.27. The monoisotopic (exact) mass is 341 g/mol. The summed E-state index contributed by atoms with van der Waals surface area (Å²) in [6.45, 7) is 1.56. The van der Waals surface area contributed by atoms with Crippen LogP contribution in [0.15, 0.2) is 48.5 Å². The Labute approximate surface area is 148 Å². The van der Waals surface area contributed by atoms with Crippen LogP contribution in [-0.2, 0) is 4.74 Å². The minimum Gasteiger partial charge on any atom is -0.378 e. The van der Waals surface area contributed by atoms with Crippen molar-refractivity contribution in [2.24, 2.45) is 0 Å². The Morgan fingerprint density at radius 1 is 1.24 bits per heavy atom. The van der Waals surface area contributed by atoms with E-state index in [0.717, 1.165) is 37.9 Å². The molecular formula is C21H24FNO2. The molecule has 0 bridgehead atoms. The zero-order valence-electron chi connectivity index (χ0n) is 14.6. The van der Waals surface area contributed by atoms with Crippen LogP contribution in [0.4, 0.5) is 4.39 Å². The molecule has 0 radical (unpaired) electrons. The molecular weight excluding hydrogens is 317 g/mol. The zero-order valence-corrected chi connectivity index (χ0v) is 14.6. The molecule has 3 nitrogen and oxygen atoms in total. The number of hydrogen-bond donors (Lipinski definition) is 0. The molecule has 0 aliphatic carbocycles. The SMILES string of the molecule is CN(CCC[C@H]1CCCO1)C(=O)c1cccc(-c2ccccc2F)c1. The lowest BCUT2D eigenvalue weighted by atomic mass is 10.0. The molecule has 25 heavy (non-hydrogen) atoms. The summed E-state index contributed by atoms with van der Waals surface area (Å²) in [5.74, 6) is -0.317. The van der Waals surface area contributed by atoms with Crippen LogP contribution in [0.1, 0.15) is 36.0 Å². The Hall–Kier alpha value is -2.20. The van der Waals surface area contributed by atoms with Gasteiger partial charge in [0.05, 0.1) is 6.10 Å². The first-order chi connectivity index (χ1) is 12.1. The van der Waals surface area contributed by atoms with Crippen molar-refractivity contribution in [3.8, 4) is 11.1 Å². The van der Waals surface area contributed by atoms with Gasteiger partial charge in [-0.15, -0.1) is 0 Å². The number of nitrogens with zero attached hydrogens (tertiary/aromatic N) is 1. The highest BCUT2D eigenvalue weighted by atomic mass is 19.1. The first-order valence-electron chi connectivity index (χ1n) is 8.87. The van der Waals surface area contributed by atoms with E-state index in [-0.39, 0.29) is 11.7 Å². The number of carbonyl (C=O) groups excluding carboxylic acids is 1. The van der Waals surface area contributed by atoms with Gasteiger partial charge in [0.1, 0.15) is 5.82 Å². The van der Waals surface area contributed by atoms with E-state index in [4.69, 9.17) is 4.74 Å². The van der Waals surface area contributed by atoms with Crippen molar-refractivity contribution in [2.45, 2.75) is 31.8 Å². The van der Waals surface area contributed by atoms with Crippen molar-refractivity contribution in [1.29, 1.82) is 0 Å². The minimum atomic E-state index is -0.281. The van der Waals surface area contributed by atoms with Gasteiger partial charge in [-0.3, -0.25) is 4.79 Å². The smallest absolute Gasteiger partial charge is 0.253 e. The molecule has 1 amide bonds. The Morgan fingerprint density at radius 2 is 2.08 bits per heavy atom. The van der Waals surface area contributed by atoms with Crippen molar-refractivity contribution in [3.63, 3.8) is 0 Å². The van der Waals surface area contributed by atoms with E-state index in [1.807, 2.05) is 13.1 Å². The highest BCUT2D eigenvalue weighted by Gasteiger charge is 2.17. The second kappa shape index (κ2) is 8.26. The first-order valence-corrected chi connectivity index (χ1v) is 8.87. The van der Waals surface area contributed by atoms with Gasteiger partial charge in [0, 0.05) is 31.3 Å². The average molecular weight is 341 g/mol. The maximum atomic E-state index is 14.0. The van der Waals surface area contributed by atoms with Crippen LogP contribution >= 0.6 is 0 Å². The Bertz CT molecular complexity index is 725. The Balaban J connectivity index is 1.63. The van der Waals surface area contributed by atoms with Gasteiger partial charge >= 0.3 is 0 Å². The molecule has 0 spiro atoms. The normalized spacial score (nSPS) is 16.8. The second-order valence-electron chi connectivity index (χ2n) is 6.56. The number of amides is 1. The van der Waals surface area contributed by atoms with Crippen molar-refractivity contribution in [3.05, 3.63) is 59.9 Å². The molecule has 1 aliphatic heterocycles. The summed E-state index contributed by atoms with van der Waals surface area (Å²) in [6, 6.07) is 13.8. The van der Waals surface area contributed by atoms with Crippen LogP contribution in [0, 0.1) is 5.82 Å². The highest BCUT2D eigenvalue weighted by molar-refractivity contribution is 5.95. The molecule has 132 valence electrons. The molecule has 0 aromatic heterocycles. The highest BCUT2D eigenvalue weighted by Crippen LogP contribution is 2.24. The van der Waals surface area contributed by atoms with Gasteiger partial charge in [-0.05, 0) is 49.4 Å². The fraction of sp³-hybridized carbons (Fsp3) is 0.381. The molecule has 1 fully saturated rings. The molecule has 1 atom stereocenters. The lowest BCUT2D eigenvalue weighted by Gasteiger charge is -2.18. The minimum absolute atomic E-state index is 0.0365. The van der Waals surface area contributed by atoms with Crippen LogP contribution in [-0.4, -0.2) is 37.1 Å². The second-order valence-corrected chi connectivity index (χ2v) is 6.56. The third-order valence-electron chi connectivity index (χ3n) is 4.68. The van der Waals surface area contributed by atoms with Crippen molar-refractivity contribution in [2.75, 3.05) is 20.2 Å². The molecule has 1 saturated heterocycles. The summed E-state index contributed by atoms with van der Waals surface area (Å²) in [7, 11) is 1.81. The molecule has 2 aromatic carbocycles. The molecule has 0 saturated carbocycles.